The normalized spacial score (nSPS) is 21.3. The molecule has 1 saturated heterocycles. The highest BCUT2D eigenvalue weighted by molar-refractivity contribution is 7.12. The zero-order valence-corrected chi connectivity index (χ0v) is 17.3. The van der Waals surface area contributed by atoms with Gasteiger partial charge in [0.25, 0.3) is 11.8 Å². The van der Waals surface area contributed by atoms with Gasteiger partial charge in [-0.2, -0.15) is 5.10 Å². The van der Waals surface area contributed by atoms with Gasteiger partial charge in [-0.3, -0.25) is 9.59 Å². The molecule has 3 aromatic rings. The second kappa shape index (κ2) is 8.33. The Balaban J connectivity index is 1.62. The van der Waals surface area contributed by atoms with Crippen molar-refractivity contribution >= 4 is 23.2 Å². The highest BCUT2D eigenvalue weighted by Crippen LogP contribution is 2.34. The lowest BCUT2D eigenvalue weighted by molar-refractivity contribution is -0.0109. The number of piperidine rings is 1. The fraction of sp³-hybridized carbons (Fsp3) is 0.273. The first-order chi connectivity index (χ1) is 14.5. The molecular weight excluding hydrogens is 400 g/mol. The number of hydrogen-bond acceptors (Lipinski definition) is 6. The average molecular weight is 423 g/mol. The van der Waals surface area contributed by atoms with Crippen LogP contribution in [-0.2, 0) is 5.54 Å². The molecule has 1 aliphatic rings. The number of hydrogen-bond donors (Lipinski definition) is 2. The summed E-state index contributed by atoms with van der Waals surface area (Å²) in [6, 6.07) is 14.6. The van der Waals surface area contributed by atoms with E-state index in [-0.39, 0.29) is 24.1 Å². The minimum atomic E-state index is -0.992. The summed E-state index contributed by atoms with van der Waals surface area (Å²) in [6.45, 7) is 2.33. The van der Waals surface area contributed by atoms with Gasteiger partial charge in [-0.15, -0.1) is 16.4 Å². The van der Waals surface area contributed by atoms with Crippen LogP contribution in [0.1, 0.15) is 37.7 Å². The number of carbonyl (C=O) groups excluding carboxylic acids is 2. The Morgan fingerprint density at radius 3 is 2.63 bits per heavy atom. The van der Waals surface area contributed by atoms with Crippen LogP contribution in [0.2, 0.25) is 0 Å². The summed E-state index contributed by atoms with van der Waals surface area (Å²) < 4.78 is 0. The fourth-order valence-electron chi connectivity index (χ4n) is 3.85. The van der Waals surface area contributed by atoms with Crippen molar-refractivity contribution in [1.82, 2.24) is 20.4 Å². The Morgan fingerprint density at radius 2 is 2.00 bits per heavy atom. The first-order valence-electron chi connectivity index (χ1n) is 9.68. The van der Waals surface area contributed by atoms with Gasteiger partial charge in [0.2, 0.25) is 0 Å². The molecule has 7 nitrogen and oxygen atoms in total. The number of thiophene rings is 1. The summed E-state index contributed by atoms with van der Waals surface area (Å²) in [4.78, 5) is 28.0. The molecule has 154 valence electrons. The van der Waals surface area contributed by atoms with Gasteiger partial charge in [0.15, 0.2) is 5.69 Å². The Bertz CT molecular complexity index is 1040. The predicted octanol–water partition coefficient (Wildman–Crippen LogP) is 2.38. The van der Waals surface area contributed by atoms with Crippen molar-refractivity contribution < 1.29 is 14.7 Å². The summed E-state index contributed by atoms with van der Waals surface area (Å²) in [7, 11) is 0. The third-order valence-electron chi connectivity index (χ3n) is 5.51. The van der Waals surface area contributed by atoms with Crippen LogP contribution in [0.4, 0.5) is 0 Å². The van der Waals surface area contributed by atoms with Gasteiger partial charge >= 0.3 is 0 Å². The third-order valence-corrected chi connectivity index (χ3v) is 6.53. The number of aliphatic hydroxyl groups excluding tert-OH is 1. The van der Waals surface area contributed by atoms with Crippen molar-refractivity contribution in [3.63, 3.8) is 0 Å². The van der Waals surface area contributed by atoms with Crippen molar-refractivity contribution in [3.05, 3.63) is 81.8 Å². The first kappa shape index (κ1) is 20.2. The van der Waals surface area contributed by atoms with E-state index in [1.807, 2.05) is 48.7 Å². The van der Waals surface area contributed by atoms with Gasteiger partial charge in [0.1, 0.15) is 0 Å². The van der Waals surface area contributed by atoms with Crippen LogP contribution < -0.4 is 5.32 Å². The molecule has 0 spiro atoms. The summed E-state index contributed by atoms with van der Waals surface area (Å²) in [6.07, 6.45) is 0.892. The topological polar surface area (TPSA) is 95.4 Å². The molecule has 0 aliphatic carbocycles. The lowest BCUT2D eigenvalue weighted by atomic mass is 9.78. The molecule has 2 atom stereocenters. The maximum absolute atomic E-state index is 13.0. The van der Waals surface area contributed by atoms with Gasteiger partial charge in [0.05, 0.1) is 16.5 Å². The first-order valence-corrected chi connectivity index (χ1v) is 10.6. The minimum Gasteiger partial charge on any atom is -0.388 e. The highest BCUT2D eigenvalue weighted by Gasteiger charge is 2.46. The lowest BCUT2D eigenvalue weighted by Gasteiger charge is -2.46. The number of benzene rings is 1. The summed E-state index contributed by atoms with van der Waals surface area (Å²) in [5, 5.41) is 23.8. The number of nitrogens with one attached hydrogen (secondary N) is 1. The van der Waals surface area contributed by atoms with Crippen molar-refractivity contribution in [3.8, 4) is 0 Å². The van der Waals surface area contributed by atoms with E-state index < -0.39 is 11.6 Å². The monoisotopic (exact) mass is 422 g/mol. The molecule has 2 N–H and O–H groups in total. The number of aryl methyl sites for hydroxylation is 1. The summed E-state index contributed by atoms with van der Waals surface area (Å²) in [5.41, 5.74) is 0.945. The van der Waals surface area contributed by atoms with Crippen LogP contribution in [0.15, 0.2) is 60.1 Å². The number of nitrogens with zero attached hydrogens (tertiary/aromatic N) is 3. The van der Waals surface area contributed by atoms with E-state index in [2.05, 4.69) is 15.5 Å². The molecule has 0 saturated carbocycles. The molecule has 1 aliphatic heterocycles. The lowest BCUT2D eigenvalue weighted by Crippen LogP contribution is -2.62. The van der Waals surface area contributed by atoms with Crippen molar-refractivity contribution in [2.75, 3.05) is 13.1 Å². The second-order valence-electron chi connectivity index (χ2n) is 7.35. The van der Waals surface area contributed by atoms with Gasteiger partial charge in [-0.25, -0.2) is 0 Å². The van der Waals surface area contributed by atoms with Gasteiger partial charge in [0, 0.05) is 19.3 Å². The molecule has 2 amide bonds. The third kappa shape index (κ3) is 3.71. The molecule has 0 bridgehead atoms. The van der Waals surface area contributed by atoms with E-state index in [1.54, 1.807) is 17.0 Å². The fourth-order valence-corrected chi connectivity index (χ4v) is 4.67. The number of aliphatic hydroxyl groups is 1. The van der Waals surface area contributed by atoms with Crippen LogP contribution in [-0.4, -0.2) is 51.2 Å². The molecule has 0 radical (unpaired) electrons. The van der Waals surface area contributed by atoms with Crippen LogP contribution in [0.3, 0.4) is 0 Å². The van der Waals surface area contributed by atoms with Crippen molar-refractivity contribution in [2.45, 2.75) is 25.0 Å². The van der Waals surface area contributed by atoms with Crippen LogP contribution in [0, 0.1) is 6.92 Å². The predicted molar refractivity (Wildman–Crippen MR) is 113 cm³/mol. The molecule has 3 heterocycles. The average Bonchev–Trinajstić information content (AvgIpc) is 3.22. The quantitative estimate of drug-likeness (QED) is 0.673. The van der Waals surface area contributed by atoms with E-state index >= 15 is 0 Å². The maximum Gasteiger partial charge on any atom is 0.274 e. The Kier molecular flexibility index (Phi) is 5.61. The van der Waals surface area contributed by atoms with E-state index in [4.69, 9.17) is 0 Å². The summed E-state index contributed by atoms with van der Waals surface area (Å²) >= 11 is 1.37. The van der Waals surface area contributed by atoms with Crippen LogP contribution >= 0.6 is 11.3 Å². The molecule has 1 fully saturated rings. The Hall–Kier alpha value is -3.10. The molecule has 4 rings (SSSR count). The van der Waals surface area contributed by atoms with Crippen molar-refractivity contribution in [1.29, 1.82) is 0 Å². The number of rotatable bonds is 4. The number of likely N-dealkylation sites (tertiary alicyclic amines) is 1. The number of aromatic nitrogens is 2. The van der Waals surface area contributed by atoms with Crippen molar-refractivity contribution in [2.24, 2.45) is 0 Å². The van der Waals surface area contributed by atoms with E-state index in [0.717, 1.165) is 11.1 Å². The molecule has 2 aromatic heterocycles. The minimum absolute atomic E-state index is 0.0774. The number of amides is 2. The number of carbonyl (C=O) groups is 2. The van der Waals surface area contributed by atoms with E-state index in [9.17, 15) is 14.7 Å². The zero-order valence-electron chi connectivity index (χ0n) is 16.5. The Labute approximate surface area is 178 Å². The summed E-state index contributed by atoms with van der Waals surface area (Å²) in [5.74, 6) is -0.511. The smallest absolute Gasteiger partial charge is 0.274 e. The second-order valence-corrected chi connectivity index (χ2v) is 8.27. The molecule has 1 aromatic carbocycles. The standard InChI is InChI=1S/C22H22N4O3S/c1-15-9-13-30-19(15)20(28)24-22(16-6-3-2-4-7-16)10-12-26(14-18(22)27)21(29)17-8-5-11-23-25-17/h2-9,11,13,18,27H,10,12,14H2,1H3,(H,24,28)/t18-,22+/m1/s1. The van der Waals surface area contributed by atoms with Crippen LogP contribution in [0.5, 0.6) is 0 Å². The van der Waals surface area contributed by atoms with E-state index in [1.165, 1.54) is 17.5 Å². The van der Waals surface area contributed by atoms with Gasteiger partial charge in [-0.05, 0) is 48.1 Å². The highest BCUT2D eigenvalue weighted by atomic mass is 32.1. The van der Waals surface area contributed by atoms with Gasteiger partial charge in [-0.1, -0.05) is 30.3 Å². The SMILES string of the molecule is Cc1ccsc1C(=O)N[C@]1(c2ccccc2)CCN(C(=O)c2cccnn2)C[C@H]1O. The molecule has 0 unspecified atom stereocenters. The number of β-amino-alcohol motifs (C(OH)–C–C–N with tert-alkyl or cyclic N) is 1. The molecular formula is C22H22N4O3S. The van der Waals surface area contributed by atoms with E-state index in [0.29, 0.717) is 17.8 Å². The largest absolute Gasteiger partial charge is 0.388 e. The maximum atomic E-state index is 13.0. The Morgan fingerprint density at radius 1 is 1.20 bits per heavy atom. The van der Waals surface area contributed by atoms with Gasteiger partial charge < -0.3 is 15.3 Å². The molecule has 30 heavy (non-hydrogen) atoms. The zero-order chi connectivity index (χ0) is 21.1. The molecule has 8 heteroatoms. The van der Waals surface area contributed by atoms with Crippen LogP contribution in [0.25, 0.3) is 0 Å².